The van der Waals surface area contributed by atoms with Gasteiger partial charge < -0.3 is 25.6 Å². The van der Waals surface area contributed by atoms with Crippen molar-refractivity contribution in [3.63, 3.8) is 0 Å². The first-order valence-electron chi connectivity index (χ1n) is 15.6. The van der Waals surface area contributed by atoms with Gasteiger partial charge in [0.05, 0.1) is 29.5 Å². The number of benzene rings is 3. The van der Waals surface area contributed by atoms with Gasteiger partial charge >= 0.3 is 6.03 Å². The number of para-hydroxylation sites is 1. The van der Waals surface area contributed by atoms with Crippen molar-refractivity contribution in [2.24, 2.45) is 5.92 Å². The molecule has 1 fully saturated rings. The van der Waals surface area contributed by atoms with Crippen LogP contribution < -0.4 is 16.0 Å². The molecular formula is C35H39N5O5S. The van der Waals surface area contributed by atoms with Crippen LogP contribution in [0.2, 0.25) is 0 Å². The molecule has 5 rings (SSSR count). The van der Waals surface area contributed by atoms with Gasteiger partial charge in [0, 0.05) is 24.3 Å². The molecule has 240 valence electrons. The second-order valence-corrected chi connectivity index (χ2v) is 12.7. The molecule has 2 heterocycles. The van der Waals surface area contributed by atoms with E-state index in [2.05, 4.69) is 20.9 Å². The Morgan fingerprint density at radius 1 is 0.891 bits per heavy atom. The fourth-order valence-electron chi connectivity index (χ4n) is 5.25. The van der Waals surface area contributed by atoms with Gasteiger partial charge in [-0.15, -0.1) is 11.3 Å². The van der Waals surface area contributed by atoms with Crippen molar-refractivity contribution in [2.75, 3.05) is 31.6 Å². The van der Waals surface area contributed by atoms with Crippen LogP contribution in [0, 0.1) is 5.92 Å². The maximum absolute atomic E-state index is 14.0. The van der Waals surface area contributed by atoms with Crippen LogP contribution in [0.5, 0.6) is 0 Å². The molecule has 0 radical (unpaired) electrons. The van der Waals surface area contributed by atoms with Gasteiger partial charge in [-0.1, -0.05) is 62.4 Å². The minimum absolute atomic E-state index is 0.122. The number of carbonyl (C=O) groups excluding carboxylic acids is 4. The number of aryl methyl sites for hydroxylation is 1. The summed E-state index contributed by atoms with van der Waals surface area (Å²) in [7, 11) is 0. The average Bonchev–Trinajstić information content (AvgIpc) is 3.51. The molecule has 1 aliphatic rings. The highest BCUT2D eigenvalue weighted by molar-refractivity contribution is 7.20. The molecule has 0 saturated carbocycles. The Morgan fingerprint density at radius 2 is 1.59 bits per heavy atom. The number of ketones is 1. The molecular weight excluding hydrogens is 602 g/mol. The summed E-state index contributed by atoms with van der Waals surface area (Å²) in [5.74, 6) is -0.874. The SMILES string of the molecule is CC(C)C[C@H](NC(=O)N1CCOCC1)C(=O)N[C@@H](CCc1ccccc1)C(=O)c1nc2ccc(C(=O)Nc3ccccc3)cc2s1. The molecule has 1 aromatic heterocycles. The number of hydrogen-bond donors (Lipinski definition) is 3. The first-order chi connectivity index (χ1) is 22.3. The summed E-state index contributed by atoms with van der Waals surface area (Å²) >= 11 is 1.19. The van der Waals surface area contributed by atoms with E-state index in [0.29, 0.717) is 67.0 Å². The van der Waals surface area contributed by atoms with Gasteiger partial charge in [-0.05, 0) is 61.1 Å². The number of carbonyl (C=O) groups is 4. The van der Waals surface area contributed by atoms with Gasteiger partial charge in [-0.2, -0.15) is 0 Å². The van der Waals surface area contributed by atoms with Crippen LogP contribution in [0.1, 0.15) is 52.4 Å². The van der Waals surface area contributed by atoms with Crippen LogP contribution in [-0.2, 0) is 16.0 Å². The van der Waals surface area contributed by atoms with Crippen LogP contribution >= 0.6 is 11.3 Å². The zero-order chi connectivity index (χ0) is 32.5. The molecule has 0 aliphatic carbocycles. The molecule has 0 spiro atoms. The molecule has 0 bridgehead atoms. The van der Waals surface area contributed by atoms with Gasteiger partial charge in [-0.3, -0.25) is 14.4 Å². The van der Waals surface area contributed by atoms with Crippen LogP contribution in [0.25, 0.3) is 10.2 Å². The third-order valence-corrected chi connectivity index (χ3v) is 8.74. The predicted molar refractivity (Wildman–Crippen MR) is 179 cm³/mol. The van der Waals surface area contributed by atoms with Crippen molar-refractivity contribution in [2.45, 2.75) is 45.2 Å². The molecule has 4 aromatic rings. The van der Waals surface area contributed by atoms with Crippen molar-refractivity contribution in [3.8, 4) is 0 Å². The molecule has 1 aliphatic heterocycles. The normalized spacial score (nSPS) is 14.5. The van der Waals surface area contributed by atoms with Gasteiger partial charge in [-0.25, -0.2) is 9.78 Å². The molecule has 4 amide bonds. The lowest BCUT2D eigenvalue weighted by molar-refractivity contribution is -0.123. The molecule has 10 nitrogen and oxygen atoms in total. The van der Waals surface area contributed by atoms with E-state index >= 15 is 0 Å². The molecule has 3 N–H and O–H groups in total. The standard InChI is InChI=1S/C35H39N5O5S/c1-23(2)21-29(39-35(44)40-17-19-45-20-18-40)33(43)37-28(15-13-24-9-5-3-6-10-24)31(41)34-38-27-16-14-25(22-30(27)46-34)32(42)36-26-11-7-4-8-12-26/h3-12,14,16,22-23,28-29H,13,15,17-21H2,1-2H3,(H,36,42)(H,37,43)(H,39,44)/t28-,29-/m0/s1. The molecule has 3 aromatic carbocycles. The number of nitrogens with one attached hydrogen (secondary N) is 3. The van der Waals surface area contributed by atoms with E-state index in [0.717, 1.165) is 5.56 Å². The van der Waals surface area contributed by atoms with E-state index in [1.165, 1.54) is 11.3 Å². The number of fused-ring (bicyclic) bond motifs is 1. The zero-order valence-electron chi connectivity index (χ0n) is 26.0. The summed E-state index contributed by atoms with van der Waals surface area (Å²) in [4.78, 5) is 59.8. The number of Topliss-reactive ketones (excluding diaryl/α,β-unsaturated/α-hetero) is 1. The zero-order valence-corrected chi connectivity index (χ0v) is 26.8. The lowest BCUT2D eigenvalue weighted by Gasteiger charge is -2.30. The maximum atomic E-state index is 14.0. The number of nitrogens with zero attached hydrogens (tertiary/aromatic N) is 2. The van der Waals surface area contributed by atoms with E-state index in [1.807, 2.05) is 74.5 Å². The first kappa shape index (κ1) is 32.8. The Balaban J connectivity index is 1.35. The number of morpholine rings is 1. The third kappa shape index (κ3) is 8.76. The van der Waals surface area contributed by atoms with Crippen molar-refractivity contribution in [1.82, 2.24) is 20.5 Å². The van der Waals surface area contributed by atoms with Crippen LogP contribution in [0.3, 0.4) is 0 Å². The van der Waals surface area contributed by atoms with Crippen LogP contribution in [0.15, 0.2) is 78.9 Å². The highest BCUT2D eigenvalue weighted by Crippen LogP contribution is 2.26. The summed E-state index contributed by atoms with van der Waals surface area (Å²) in [5, 5.41) is 8.96. The van der Waals surface area contributed by atoms with E-state index in [1.54, 1.807) is 23.1 Å². The average molecular weight is 642 g/mol. The Morgan fingerprint density at radius 3 is 2.28 bits per heavy atom. The molecule has 0 unspecified atom stereocenters. The van der Waals surface area contributed by atoms with Crippen molar-refractivity contribution in [3.05, 3.63) is 95.0 Å². The van der Waals surface area contributed by atoms with Crippen molar-refractivity contribution in [1.29, 1.82) is 0 Å². The quantitative estimate of drug-likeness (QED) is 0.180. The Hall–Kier alpha value is -4.61. The lowest BCUT2D eigenvalue weighted by atomic mass is 9.99. The summed E-state index contributed by atoms with van der Waals surface area (Å²) in [5.41, 5.74) is 2.75. The van der Waals surface area contributed by atoms with Gasteiger partial charge in [0.25, 0.3) is 5.91 Å². The van der Waals surface area contributed by atoms with E-state index in [-0.39, 0.29) is 28.6 Å². The number of anilines is 1. The van der Waals surface area contributed by atoms with Gasteiger partial charge in [0.15, 0.2) is 5.01 Å². The second-order valence-electron chi connectivity index (χ2n) is 11.7. The maximum Gasteiger partial charge on any atom is 0.318 e. The minimum atomic E-state index is -0.871. The monoisotopic (exact) mass is 641 g/mol. The van der Waals surface area contributed by atoms with Crippen molar-refractivity contribution < 1.29 is 23.9 Å². The number of hydrogen-bond acceptors (Lipinski definition) is 7. The predicted octanol–water partition coefficient (Wildman–Crippen LogP) is 5.31. The Bertz CT molecular complexity index is 1650. The number of rotatable bonds is 12. The number of aromatic nitrogens is 1. The first-order valence-corrected chi connectivity index (χ1v) is 16.4. The van der Waals surface area contributed by atoms with Crippen LogP contribution in [-0.4, -0.2) is 71.9 Å². The highest BCUT2D eigenvalue weighted by atomic mass is 32.1. The number of thiazole rings is 1. The lowest BCUT2D eigenvalue weighted by Crippen LogP contribution is -2.56. The molecule has 11 heteroatoms. The summed E-state index contributed by atoms with van der Waals surface area (Å²) in [6, 6.07) is 22.0. The molecule has 2 atom stereocenters. The summed E-state index contributed by atoms with van der Waals surface area (Å²) in [6.07, 6.45) is 1.32. The number of ether oxygens (including phenoxy) is 1. The van der Waals surface area contributed by atoms with E-state index < -0.39 is 18.0 Å². The number of amides is 4. The largest absolute Gasteiger partial charge is 0.378 e. The minimum Gasteiger partial charge on any atom is -0.378 e. The third-order valence-electron chi connectivity index (χ3n) is 7.71. The molecule has 1 saturated heterocycles. The summed E-state index contributed by atoms with van der Waals surface area (Å²) in [6.45, 7) is 5.77. The Labute approximate surface area is 272 Å². The van der Waals surface area contributed by atoms with E-state index in [4.69, 9.17) is 4.74 Å². The summed E-state index contributed by atoms with van der Waals surface area (Å²) < 4.78 is 6.04. The highest BCUT2D eigenvalue weighted by Gasteiger charge is 2.31. The van der Waals surface area contributed by atoms with Crippen molar-refractivity contribution >= 4 is 50.9 Å². The molecule has 46 heavy (non-hydrogen) atoms. The smallest absolute Gasteiger partial charge is 0.318 e. The van der Waals surface area contributed by atoms with Gasteiger partial charge in [0.1, 0.15) is 6.04 Å². The fourth-order valence-corrected chi connectivity index (χ4v) is 6.25. The van der Waals surface area contributed by atoms with Gasteiger partial charge in [0.2, 0.25) is 11.7 Å². The fraction of sp³-hybridized carbons (Fsp3) is 0.343. The number of urea groups is 1. The topological polar surface area (TPSA) is 130 Å². The van der Waals surface area contributed by atoms with E-state index in [9.17, 15) is 19.2 Å². The second kappa shape index (κ2) is 15.6. The van der Waals surface area contributed by atoms with Crippen LogP contribution in [0.4, 0.5) is 10.5 Å². The Kier molecular flexibility index (Phi) is 11.1.